The predicted molar refractivity (Wildman–Crippen MR) is 114 cm³/mol. The van der Waals surface area contributed by atoms with Gasteiger partial charge in [-0.15, -0.1) is 6.42 Å². The summed E-state index contributed by atoms with van der Waals surface area (Å²) in [5.74, 6) is 3.49. The van der Waals surface area contributed by atoms with Crippen molar-refractivity contribution in [1.29, 1.82) is 0 Å². The Morgan fingerprint density at radius 3 is 2.53 bits per heavy atom. The second-order valence-electron chi connectivity index (χ2n) is 8.18. The molecule has 2 aliphatic rings. The number of piperidine rings is 1. The molecule has 1 unspecified atom stereocenters. The Bertz CT molecular complexity index is 924. The van der Waals surface area contributed by atoms with Crippen LogP contribution in [0.2, 0.25) is 0 Å². The van der Waals surface area contributed by atoms with E-state index in [1.807, 2.05) is 25.1 Å². The molecule has 2 aromatic rings. The van der Waals surface area contributed by atoms with Gasteiger partial charge in [-0.1, -0.05) is 30.2 Å². The Labute approximate surface area is 177 Å². The van der Waals surface area contributed by atoms with Crippen LogP contribution in [-0.2, 0) is 12.1 Å². The third-order valence-electron chi connectivity index (χ3n) is 6.28. The van der Waals surface area contributed by atoms with Crippen LogP contribution in [0.15, 0.2) is 42.5 Å². The highest BCUT2D eigenvalue weighted by Crippen LogP contribution is 2.47. The van der Waals surface area contributed by atoms with Crippen LogP contribution in [0.4, 0.5) is 4.39 Å². The first-order valence-electron chi connectivity index (χ1n) is 10.6. The van der Waals surface area contributed by atoms with E-state index in [0.29, 0.717) is 36.5 Å². The molecule has 158 valence electrons. The van der Waals surface area contributed by atoms with Crippen LogP contribution in [0.3, 0.4) is 0 Å². The third-order valence-corrected chi connectivity index (χ3v) is 6.28. The summed E-state index contributed by atoms with van der Waals surface area (Å²) in [6.45, 7) is 3.44. The van der Waals surface area contributed by atoms with Crippen molar-refractivity contribution >= 4 is 0 Å². The van der Waals surface area contributed by atoms with E-state index >= 15 is 0 Å². The molecule has 1 N–H and O–H groups in total. The van der Waals surface area contributed by atoms with Crippen molar-refractivity contribution in [2.75, 3.05) is 13.2 Å². The largest absolute Gasteiger partial charge is 0.490 e. The SMILES string of the molecule is C#CCOc1ccc(CN2[C@@H]3CC[C@H]2CC(O)(c2ccccc2F)C3)cc1OCC. The highest BCUT2D eigenvalue weighted by molar-refractivity contribution is 5.43. The summed E-state index contributed by atoms with van der Waals surface area (Å²) in [5.41, 5.74) is 0.451. The summed E-state index contributed by atoms with van der Waals surface area (Å²) in [6, 6.07) is 13.0. The number of rotatable bonds is 7. The molecule has 2 bridgehead atoms. The van der Waals surface area contributed by atoms with Crippen LogP contribution in [0.5, 0.6) is 11.5 Å². The third kappa shape index (κ3) is 4.03. The Morgan fingerprint density at radius 1 is 1.13 bits per heavy atom. The lowest BCUT2D eigenvalue weighted by atomic mass is 9.80. The lowest BCUT2D eigenvalue weighted by Crippen LogP contribution is -2.49. The minimum atomic E-state index is -1.10. The van der Waals surface area contributed by atoms with E-state index < -0.39 is 5.60 Å². The number of halogens is 1. The molecule has 5 heteroatoms. The van der Waals surface area contributed by atoms with Crippen molar-refractivity contribution in [1.82, 2.24) is 4.90 Å². The number of aliphatic hydroxyl groups is 1. The first-order valence-corrected chi connectivity index (χ1v) is 10.6. The predicted octanol–water partition coefficient (Wildman–Crippen LogP) is 4.25. The molecule has 4 rings (SSSR count). The summed E-state index contributed by atoms with van der Waals surface area (Å²) in [4.78, 5) is 2.45. The number of terminal acetylenes is 1. The van der Waals surface area contributed by atoms with Gasteiger partial charge in [0.15, 0.2) is 11.5 Å². The van der Waals surface area contributed by atoms with Gasteiger partial charge in [-0.2, -0.15) is 0 Å². The first kappa shape index (κ1) is 20.7. The summed E-state index contributed by atoms with van der Waals surface area (Å²) in [7, 11) is 0. The second-order valence-corrected chi connectivity index (χ2v) is 8.18. The Morgan fingerprint density at radius 2 is 1.87 bits per heavy atom. The van der Waals surface area contributed by atoms with Gasteiger partial charge in [0.25, 0.3) is 0 Å². The van der Waals surface area contributed by atoms with E-state index in [-0.39, 0.29) is 24.5 Å². The quantitative estimate of drug-likeness (QED) is 0.694. The van der Waals surface area contributed by atoms with E-state index in [2.05, 4.69) is 10.8 Å². The van der Waals surface area contributed by atoms with E-state index in [9.17, 15) is 9.50 Å². The van der Waals surface area contributed by atoms with Crippen LogP contribution < -0.4 is 9.47 Å². The molecule has 4 nitrogen and oxygen atoms in total. The van der Waals surface area contributed by atoms with Crippen LogP contribution in [-0.4, -0.2) is 35.3 Å². The number of hydrogen-bond acceptors (Lipinski definition) is 4. The van der Waals surface area contributed by atoms with Gasteiger partial charge in [0, 0.05) is 24.2 Å². The van der Waals surface area contributed by atoms with Gasteiger partial charge in [0.05, 0.1) is 12.2 Å². The van der Waals surface area contributed by atoms with Crippen molar-refractivity contribution in [3.8, 4) is 23.8 Å². The number of nitrogens with zero attached hydrogens (tertiary/aromatic N) is 1. The molecule has 2 saturated heterocycles. The topological polar surface area (TPSA) is 41.9 Å². The fourth-order valence-corrected chi connectivity index (χ4v) is 5.00. The Balaban J connectivity index is 1.51. The van der Waals surface area contributed by atoms with E-state index in [4.69, 9.17) is 15.9 Å². The molecule has 2 fully saturated rings. The highest BCUT2D eigenvalue weighted by Gasteiger charge is 2.48. The number of ether oxygens (including phenoxy) is 2. The van der Waals surface area contributed by atoms with E-state index in [1.165, 1.54) is 6.07 Å². The van der Waals surface area contributed by atoms with Crippen molar-refractivity contribution < 1.29 is 19.0 Å². The maximum atomic E-state index is 14.4. The molecule has 30 heavy (non-hydrogen) atoms. The van der Waals surface area contributed by atoms with Crippen LogP contribution in [0, 0.1) is 18.2 Å². The maximum Gasteiger partial charge on any atom is 0.162 e. The Kier molecular flexibility index (Phi) is 5.99. The average molecular weight is 410 g/mol. The molecule has 2 heterocycles. The lowest BCUT2D eigenvalue weighted by Gasteiger charge is -2.44. The molecule has 0 aliphatic carbocycles. The second kappa shape index (κ2) is 8.67. The fourth-order valence-electron chi connectivity index (χ4n) is 5.00. The molecule has 0 amide bonds. The minimum Gasteiger partial charge on any atom is -0.490 e. The van der Waals surface area contributed by atoms with E-state index in [0.717, 1.165) is 24.9 Å². The molecule has 0 saturated carbocycles. The number of hydrogen-bond donors (Lipinski definition) is 1. The van der Waals surface area contributed by atoms with Crippen LogP contribution in [0.25, 0.3) is 0 Å². The Hall–Kier alpha value is -2.55. The van der Waals surface area contributed by atoms with Crippen molar-refractivity contribution in [2.45, 2.75) is 56.8 Å². The van der Waals surface area contributed by atoms with Gasteiger partial charge in [-0.05, 0) is 56.4 Å². The summed E-state index contributed by atoms with van der Waals surface area (Å²) in [5, 5.41) is 11.3. The zero-order valence-electron chi connectivity index (χ0n) is 17.3. The zero-order valence-corrected chi connectivity index (χ0v) is 17.3. The van der Waals surface area contributed by atoms with Crippen molar-refractivity contribution in [2.24, 2.45) is 0 Å². The minimum absolute atomic E-state index is 0.199. The van der Waals surface area contributed by atoms with Gasteiger partial charge in [0.1, 0.15) is 12.4 Å². The smallest absolute Gasteiger partial charge is 0.162 e. The summed E-state index contributed by atoms with van der Waals surface area (Å²) in [6.07, 6.45) is 8.43. The maximum absolute atomic E-state index is 14.4. The van der Waals surface area contributed by atoms with Gasteiger partial charge >= 0.3 is 0 Å². The van der Waals surface area contributed by atoms with E-state index in [1.54, 1.807) is 18.2 Å². The molecule has 3 atom stereocenters. The fraction of sp³-hybridized carbons (Fsp3) is 0.440. The summed E-state index contributed by atoms with van der Waals surface area (Å²) < 4.78 is 25.7. The molecular formula is C25H28FNO3. The van der Waals surface area contributed by atoms with Gasteiger partial charge in [-0.3, -0.25) is 4.90 Å². The zero-order chi connectivity index (χ0) is 21.1. The van der Waals surface area contributed by atoms with Gasteiger partial charge in [0.2, 0.25) is 0 Å². The molecular weight excluding hydrogens is 381 g/mol. The van der Waals surface area contributed by atoms with Crippen molar-refractivity contribution in [3.63, 3.8) is 0 Å². The van der Waals surface area contributed by atoms with Crippen LogP contribution >= 0.6 is 0 Å². The molecule has 2 aliphatic heterocycles. The molecule has 0 spiro atoms. The average Bonchev–Trinajstić information content (AvgIpc) is 2.97. The number of benzene rings is 2. The lowest BCUT2D eigenvalue weighted by molar-refractivity contribution is -0.0615. The first-order chi connectivity index (χ1) is 14.5. The summed E-state index contributed by atoms with van der Waals surface area (Å²) >= 11 is 0. The van der Waals surface area contributed by atoms with Gasteiger partial charge in [-0.25, -0.2) is 4.39 Å². The normalized spacial score (nSPS) is 25.7. The standard InChI is InChI=1S/C25H28FNO3/c1-3-13-30-23-12-9-18(14-24(23)29-4-2)17-27-19-10-11-20(27)16-25(28,15-19)21-7-5-6-8-22(21)26/h1,5-9,12,14,19-20,28H,4,10-11,13,15-17H2,2H3/t19-,20+,25?. The molecule has 2 aromatic carbocycles. The highest BCUT2D eigenvalue weighted by atomic mass is 19.1. The van der Waals surface area contributed by atoms with Crippen LogP contribution in [0.1, 0.15) is 43.7 Å². The van der Waals surface area contributed by atoms with Crippen molar-refractivity contribution in [3.05, 3.63) is 59.4 Å². The molecule has 0 radical (unpaired) electrons. The molecule has 0 aromatic heterocycles. The van der Waals surface area contributed by atoms with Gasteiger partial charge < -0.3 is 14.6 Å². The number of fused-ring (bicyclic) bond motifs is 2. The monoisotopic (exact) mass is 409 g/mol.